The normalized spacial score (nSPS) is 15.0. The molecule has 1 aliphatic rings. The van der Waals surface area contributed by atoms with E-state index in [1.54, 1.807) is 12.1 Å². The molecular weight excluding hydrogens is 314 g/mol. The number of hydrogen-bond donors (Lipinski definition) is 2. The van der Waals surface area contributed by atoms with Crippen molar-refractivity contribution >= 4 is 17.3 Å². The summed E-state index contributed by atoms with van der Waals surface area (Å²) in [6, 6.07) is 9.55. The van der Waals surface area contributed by atoms with Gasteiger partial charge in [0, 0.05) is 22.4 Å². The van der Waals surface area contributed by atoms with E-state index >= 15 is 0 Å². The van der Waals surface area contributed by atoms with Crippen LogP contribution in [0.25, 0.3) is 0 Å². The van der Waals surface area contributed by atoms with Gasteiger partial charge in [0.15, 0.2) is 0 Å². The second-order valence-corrected chi connectivity index (χ2v) is 7.69. The average molecular weight is 339 g/mol. The van der Waals surface area contributed by atoms with E-state index in [-0.39, 0.29) is 11.3 Å². The first-order valence-electron chi connectivity index (χ1n) is 8.62. The summed E-state index contributed by atoms with van der Waals surface area (Å²) < 4.78 is 5.86. The molecule has 2 aromatic carbocycles. The molecule has 3 rings (SSSR count). The molecule has 0 amide bonds. The molecule has 0 aliphatic carbocycles. The van der Waals surface area contributed by atoms with Crippen LogP contribution in [0.15, 0.2) is 30.3 Å². The number of rotatable bonds is 4. The Morgan fingerprint density at radius 3 is 2.64 bits per heavy atom. The van der Waals surface area contributed by atoms with Crippen molar-refractivity contribution in [3.63, 3.8) is 0 Å². The first kappa shape index (κ1) is 17.3. The molecule has 0 spiro atoms. The molecule has 0 bridgehead atoms. The van der Waals surface area contributed by atoms with Crippen LogP contribution in [-0.4, -0.2) is 17.7 Å². The quantitative estimate of drug-likeness (QED) is 0.801. The second kappa shape index (κ2) is 6.10. The van der Waals surface area contributed by atoms with Crippen molar-refractivity contribution in [1.82, 2.24) is 0 Å². The molecule has 0 aromatic heterocycles. The molecule has 2 N–H and O–H groups in total. The zero-order valence-electron chi connectivity index (χ0n) is 15.4. The smallest absolute Gasteiger partial charge is 0.336 e. The molecule has 0 radical (unpaired) electrons. The van der Waals surface area contributed by atoms with Gasteiger partial charge in [0.25, 0.3) is 0 Å². The van der Waals surface area contributed by atoms with Gasteiger partial charge in [-0.05, 0) is 48.2 Å². The van der Waals surface area contributed by atoms with Crippen LogP contribution in [0.2, 0.25) is 0 Å². The van der Waals surface area contributed by atoms with Gasteiger partial charge in [-0.3, -0.25) is 0 Å². The lowest BCUT2D eigenvalue weighted by Gasteiger charge is -2.20. The molecular formula is C21H25NO3. The van der Waals surface area contributed by atoms with Crippen LogP contribution >= 0.6 is 0 Å². The molecule has 0 saturated carbocycles. The monoisotopic (exact) mass is 339 g/mol. The predicted octanol–water partition coefficient (Wildman–Crippen LogP) is 5.23. The zero-order chi connectivity index (χ0) is 18.4. The number of hydrogen-bond acceptors (Lipinski definition) is 3. The molecule has 0 fully saturated rings. The van der Waals surface area contributed by atoms with Crippen molar-refractivity contribution in [2.24, 2.45) is 0 Å². The number of anilines is 2. The third-order valence-electron chi connectivity index (χ3n) is 4.77. The minimum Gasteiger partial charge on any atom is -0.492 e. The summed E-state index contributed by atoms with van der Waals surface area (Å²) in [6.07, 6.45) is 0. The van der Waals surface area contributed by atoms with Gasteiger partial charge in [0.05, 0.1) is 12.2 Å². The maximum atomic E-state index is 11.6. The number of aromatic carboxylic acids is 1. The van der Waals surface area contributed by atoms with Crippen molar-refractivity contribution < 1.29 is 14.6 Å². The van der Waals surface area contributed by atoms with E-state index < -0.39 is 5.97 Å². The Kier molecular flexibility index (Phi) is 4.23. The Labute approximate surface area is 148 Å². The fraction of sp³-hybridized carbons (Fsp3) is 0.381. The first-order chi connectivity index (χ1) is 11.7. The lowest BCUT2D eigenvalue weighted by Crippen LogP contribution is -2.18. The van der Waals surface area contributed by atoms with Gasteiger partial charge in [-0.2, -0.15) is 0 Å². The summed E-state index contributed by atoms with van der Waals surface area (Å²) >= 11 is 0. The second-order valence-electron chi connectivity index (χ2n) is 7.69. The van der Waals surface area contributed by atoms with Gasteiger partial charge in [-0.15, -0.1) is 0 Å². The number of aryl methyl sites for hydroxylation is 1. The van der Waals surface area contributed by atoms with Crippen LogP contribution in [0.1, 0.15) is 60.7 Å². The van der Waals surface area contributed by atoms with Crippen molar-refractivity contribution in [1.29, 1.82) is 0 Å². The Morgan fingerprint density at radius 1 is 1.28 bits per heavy atom. The summed E-state index contributed by atoms with van der Waals surface area (Å²) in [4.78, 5) is 11.6. The standard InChI is InChI=1S/C21H25NO3/c1-12(2)18-15(20(23)24)7-6-8-17(18)22-14-9-13(3)19-16(10-14)21(4,5)11-25-19/h6-10,12,22H,11H2,1-5H3,(H,23,24). The molecule has 1 heterocycles. The number of ether oxygens (including phenoxy) is 1. The molecule has 25 heavy (non-hydrogen) atoms. The highest BCUT2D eigenvalue weighted by molar-refractivity contribution is 5.92. The Morgan fingerprint density at radius 2 is 2.00 bits per heavy atom. The molecule has 132 valence electrons. The van der Waals surface area contributed by atoms with Crippen molar-refractivity contribution in [3.8, 4) is 5.75 Å². The van der Waals surface area contributed by atoms with Crippen LogP contribution in [0, 0.1) is 6.92 Å². The Hall–Kier alpha value is -2.49. The highest BCUT2D eigenvalue weighted by atomic mass is 16.5. The molecule has 0 atom stereocenters. The number of carboxylic acids is 1. The number of nitrogens with one attached hydrogen (secondary N) is 1. The van der Waals surface area contributed by atoms with E-state index in [9.17, 15) is 9.90 Å². The SMILES string of the molecule is Cc1cc(Nc2cccc(C(=O)O)c2C(C)C)cc2c1OCC2(C)C. The van der Waals surface area contributed by atoms with Gasteiger partial charge >= 0.3 is 5.97 Å². The van der Waals surface area contributed by atoms with Crippen molar-refractivity contribution in [3.05, 3.63) is 52.6 Å². The Balaban J connectivity index is 2.06. The molecule has 1 aliphatic heterocycles. The van der Waals surface area contributed by atoms with Crippen LogP contribution in [0.5, 0.6) is 5.75 Å². The first-order valence-corrected chi connectivity index (χ1v) is 8.62. The number of carboxylic acid groups (broad SMARTS) is 1. The molecule has 2 aromatic rings. The largest absolute Gasteiger partial charge is 0.492 e. The van der Waals surface area contributed by atoms with Gasteiger partial charge in [-0.25, -0.2) is 4.79 Å². The van der Waals surface area contributed by atoms with Gasteiger partial charge in [-0.1, -0.05) is 33.8 Å². The van der Waals surface area contributed by atoms with Gasteiger partial charge < -0.3 is 15.2 Å². The van der Waals surface area contributed by atoms with E-state index in [2.05, 4.69) is 31.3 Å². The third-order valence-corrected chi connectivity index (χ3v) is 4.77. The molecule has 0 unspecified atom stereocenters. The highest BCUT2D eigenvalue weighted by Crippen LogP contribution is 2.43. The summed E-state index contributed by atoms with van der Waals surface area (Å²) in [5.74, 6) is 0.177. The predicted molar refractivity (Wildman–Crippen MR) is 100 cm³/mol. The van der Waals surface area contributed by atoms with Crippen LogP contribution in [-0.2, 0) is 5.41 Å². The Bertz CT molecular complexity index is 837. The van der Waals surface area contributed by atoms with Crippen molar-refractivity contribution in [2.75, 3.05) is 11.9 Å². The summed E-state index contributed by atoms with van der Waals surface area (Å²) in [5, 5.41) is 12.9. The fourth-order valence-electron chi connectivity index (χ4n) is 3.51. The van der Waals surface area contributed by atoms with Crippen LogP contribution in [0.3, 0.4) is 0 Å². The lowest BCUT2D eigenvalue weighted by molar-refractivity contribution is 0.0695. The van der Waals surface area contributed by atoms with Gasteiger partial charge in [0.2, 0.25) is 0 Å². The summed E-state index contributed by atoms with van der Waals surface area (Å²) in [6.45, 7) is 11.1. The van der Waals surface area contributed by atoms with E-state index in [4.69, 9.17) is 4.74 Å². The fourth-order valence-corrected chi connectivity index (χ4v) is 3.51. The minimum atomic E-state index is -0.896. The highest BCUT2D eigenvalue weighted by Gasteiger charge is 2.33. The van der Waals surface area contributed by atoms with Crippen LogP contribution < -0.4 is 10.1 Å². The maximum absolute atomic E-state index is 11.6. The van der Waals surface area contributed by atoms with Gasteiger partial charge in [0.1, 0.15) is 5.75 Å². The third kappa shape index (κ3) is 3.09. The zero-order valence-corrected chi connectivity index (χ0v) is 15.4. The summed E-state index contributed by atoms with van der Waals surface area (Å²) in [7, 11) is 0. The van der Waals surface area contributed by atoms with Crippen LogP contribution in [0.4, 0.5) is 11.4 Å². The van der Waals surface area contributed by atoms with E-state index in [0.717, 1.165) is 28.3 Å². The maximum Gasteiger partial charge on any atom is 0.336 e. The molecule has 4 nitrogen and oxygen atoms in total. The molecule has 0 saturated heterocycles. The average Bonchev–Trinajstić information content (AvgIpc) is 2.82. The van der Waals surface area contributed by atoms with E-state index in [1.807, 2.05) is 26.8 Å². The number of carbonyl (C=O) groups is 1. The number of benzene rings is 2. The molecule has 4 heteroatoms. The summed E-state index contributed by atoms with van der Waals surface area (Å²) in [5.41, 5.74) is 5.22. The van der Waals surface area contributed by atoms with Crippen molar-refractivity contribution in [2.45, 2.75) is 46.0 Å². The minimum absolute atomic E-state index is 0.0262. The van der Waals surface area contributed by atoms with E-state index in [0.29, 0.717) is 12.2 Å². The lowest BCUT2D eigenvalue weighted by atomic mass is 9.86. The topological polar surface area (TPSA) is 58.6 Å². The number of fused-ring (bicyclic) bond motifs is 1. The van der Waals surface area contributed by atoms with E-state index in [1.165, 1.54) is 5.56 Å².